The molecule has 0 radical (unpaired) electrons. The maximum absolute atomic E-state index is 6.01. The van der Waals surface area contributed by atoms with Crippen LogP contribution in [0.15, 0.2) is 60.8 Å². The van der Waals surface area contributed by atoms with Crippen molar-refractivity contribution in [1.82, 2.24) is 9.97 Å². The quantitative estimate of drug-likeness (QED) is 0.697. The van der Waals surface area contributed by atoms with Gasteiger partial charge in [-0.25, -0.2) is 4.98 Å². The van der Waals surface area contributed by atoms with Gasteiger partial charge >= 0.3 is 0 Å². The number of anilines is 4. The Labute approximate surface area is 144 Å². The molecule has 0 atom stereocenters. The molecule has 1 heterocycles. The molecule has 3 aromatic rings. The summed E-state index contributed by atoms with van der Waals surface area (Å²) < 4.78 is 0. The second-order valence-corrected chi connectivity index (χ2v) is 5.79. The standard InChI is InChI=1S/C17H14Cl2N4/c1-23(15-5-3-2-4-6-15)17-20-8-7-16(22-17)21-14-10-12(18)9-13(19)11-14/h2-11H,1H3,(H,20,21,22). The smallest absolute Gasteiger partial charge is 0.231 e. The zero-order valence-electron chi connectivity index (χ0n) is 12.4. The summed E-state index contributed by atoms with van der Waals surface area (Å²) in [6.45, 7) is 0. The van der Waals surface area contributed by atoms with Crippen LogP contribution in [0.1, 0.15) is 0 Å². The van der Waals surface area contributed by atoms with Crippen molar-refractivity contribution < 1.29 is 0 Å². The third-order valence-corrected chi connectivity index (χ3v) is 3.66. The first-order valence-corrected chi connectivity index (χ1v) is 7.72. The van der Waals surface area contributed by atoms with Gasteiger partial charge in [0.05, 0.1) is 0 Å². The fraction of sp³-hybridized carbons (Fsp3) is 0.0588. The number of hydrogen-bond donors (Lipinski definition) is 1. The Morgan fingerprint density at radius 1 is 0.957 bits per heavy atom. The van der Waals surface area contributed by atoms with E-state index in [0.717, 1.165) is 11.4 Å². The van der Waals surface area contributed by atoms with E-state index >= 15 is 0 Å². The number of halogens is 2. The molecule has 0 bridgehead atoms. The van der Waals surface area contributed by atoms with Crippen LogP contribution in [0, 0.1) is 0 Å². The minimum Gasteiger partial charge on any atom is -0.340 e. The van der Waals surface area contributed by atoms with Gasteiger partial charge in [-0.05, 0) is 36.4 Å². The van der Waals surface area contributed by atoms with E-state index in [9.17, 15) is 0 Å². The van der Waals surface area contributed by atoms with Gasteiger partial charge in [-0.15, -0.1) is 0 Å². The molecule has 0 aliphatic heterocycles. The molecular formula is C17H14Cl2N4. The van der Waals surface area contributed by atoms with Crippen LogP contribution in [-0.4, -0.2) is 17.0 Å². The number of nitrogens with zero attached hydrogens (tertiary/aromatic N) is 3. The van der Waals surface area contributed by atoms with E-state index in [2.05, 4.69) is 15.3 Å². The van der Waals surface area contributed by atoms with Gasteiger partial charge in [0.15, 0.2) is 0 Å². The van der Waals surface area contributed by atoms with Crippen LogP contribution < -0.4 is 10.2 Å². The van der Waals surface area contributed by atoms with Crippen molar-refractivity contribution in [3.8, 4) is 0 Å². The first kappa shape index (κ1) is 15.6. The second kappa shape index (κ2) is 6.86. The predicted octanol–water partition coefficient (Wildman–Crippen LogP) is 5.29. The lowest BCUT2D eigenvalue weighted by molar-refractivity contribution is 1.04. The summed E-state index contributed by atoms with van der Waals surface area (Å²) in [6, 6.07) is 17.0. The minimum atomic E-state index is 0.565. The van der Waals surface area contributed by atoms with Crippen LogP contribution in [0.3, 0.4) is 0 Å². The minimum absolute atomic E-state index is 0.565. The highest BCUT2D eigenvalue weighted by atomic mass is 35.5. The summed E-state index contributed by atoms with van der Waals surface area (Å²) in [4.78, 5) is 10.7. The van der Waals surface area contributed by atoms with Crippen molar-refractivity contribution in [3.63, 3.8) is 0 Å². The average Bonchev–Trinajstić information content (AvgIpc) is 2.54. The fourth-order valence-electron chi connectivity index (χ4n) is 2.12. The van der Waals surface area contributed by atoms with Crippen LogP contribution in [-0.2, 0) is 0 Å². The maximum atomic E-state index is 6.01. The van der Waals surface area contributed by atoms with Gasteiger partial charge in [0.1, 0.15) is 5.82 Å². The molecule has 1 aromatic heterocycles. The van der Waals surface area contributed by atoms with Crippen molar-refractivity contribution >= 4 is 46.3 Å². The number of para-hydroxylation sites is 1. The van der Waals surface area contributed by atoms with E-state index in [1.807, 2.05) is 42.3 Å². The van der Waals surface area contributed by atoms with E-state index in [0.29, 0.717) is 21.8 Å². The molecule has 0 saturated heterocycles. The summed E-state index contributed by atoms with van der Waals surface area (Å²) in [7, 11) is 1.92. The largest absolute Gasteiger partial charge is 0.340 e. The summed E-state index contributed by atoms with van der Waals surface area (Å²) in [5.41, 5.74) is 1.78. The summed E-state index contributed by atoms with van der Waals surface area (Å²) >= 11 is 12.0. The first-order chi connectivity index (χ1) is 11.1. The molecule has 3 rings (SSSR count). The Hall–Kier alpha value is -2.30. The van der Waals surface area contributed by atoms with E-state index in [4.69, 9.17) is 23.2 Å². The molecule has 1 N–H and O–H groups in total. The van der Waals surface area contributed by atoms with Gasteiger partial charge in [0.2, 0.25) is 5.95 Å². The highest BCUT2D eigenvalue weighted by molar-refractivity contribution is 6.35. The van der Waals surface area contributed by atoms with Crippen molar-refractivity contribution in [1.29, 1.82) is 0 Å². The zero-order chi connectivity index (χ0) is 16.2. The maximum Gasteiger partial charge on any atom is 0.231 e. The Morgan fingerprint density at radius 2 is 1.65 bits per heavy atom. The molecule has 0 aliphatic carbocycles. The molecule has 0 unspecified atom stereocenters. The van der Waals surface area contributed by atoms with Crippen molar-refractivity contribution in [2.45, 2.75) is 0 Å². The lowest BCUT2D eigenvalue weighted by atomic mass is 10.3. The summed E-state index contributed by atoms with van der Waals surface area (Å²) in [5, 5.41) is 4.32. The predicted molar refractivity (Wildman–Crippen MR) is 96.3 cm³/mol. The number of benzene rings is 2. The molecule has 23 heavy (non-hydrogen) atoms. The van der Waals surface area contributed by atoms with Crippen LogP contribution in [0.4, 0.5) is 23.1 Å². The zero-order valence-corrected chi connectivity index (χ0v) is 13.9. The molecular weight excluding hydrogens is 331 g/mol. The topological polar surface area (TPSA) is 41.1 Å². The Morgan fingerprint density at radius 3 is 2.35 bits per heavy atom. The molecule has 4 nitrogen and oxygen atoms in total. The molecule has 0 aliphatic rings. The van der Waals surface area contributed by atoms with Gasteiger partial charge < -0.3 is 10.2 Å². The number of rotatable bonds is 4. The van der Waals surface area contributed by atoms with Crippen LogP contribution in [0.25, 0.3) is 0 Å². The van der Waals surface area contributed by atoms with Crippen LogP contribution >= 0.6 is 23.2 Å². The number of nitrogens with one attached hydrogen (secondary N) is 1. The molecule has 2 aromatic carbocycles. The van der Waals surface area contributed by atoms with Crippen molar-refractivity contribution in [3.05, 3.63) is 70.8 Å². The molecule has 6 heteroatoms. The highest BCUT2D eigenvalue weighted by Gasteiger charge is 2.08. The third-order valence-electron chi connectivity index (χ3n) is 3.22. The first-order valence-electron chi connectivity index (χ1n) is 6.97. The summed E-state index contributed by atoms with van der Waals surface area (Å²) in [6.07, 6.45) is 1.70. The van der Waals surface area contributed by atoms with Crippen molar-refractivity contribution in [2.24, 2.45) is 0 Å². The average molecular weight is 345 g/mol. The van der Waals surface area contributed by atoms with Crippen molar-refractivity contribution in [2.75, 3.05) is 17.3 Å². The Kier molecular flexibility index (Phi) is 4.65. The molecule has 116 valence electrons. The molecule has 0 fully saturated rings. The van der Waals surface area contributed by atoms with Crippen LogP contribution in [0.5, 0.6) is 0 Å². The van der Waals surface area contributed by atoms with E-state index < -0.39 is 0 Å². The van der Waals surface area contributed by atoms with Gasteiger partial charge in [-0.1, -0.05) is 41.4 Å². The molecule has 0 saturated carbocycles. The molecule has 0 amide bonds. The van der Waals surface area contributed by atoms with E-state index in [-0.39, 0.29) is 0 Å². The van der Waals surface area contributed by atoms with Gasteiger partial charge in [0, 0.05) is 34.7 Å². The normalized spacial score (nSPS) is 10.4. The van der Waals surface area contributed by atoms with Gasteiger partial charge in [-0.3, -0.25) is 0 Å². The lowest BCUT2D eigenvalue weighted by Gasteiger charge is -2.17. The third kappa shape index (κ3) is 3.92. The van der Waals surface area contributed by atoms with Gasteiger partial charge in [-0.2, -0.15) is 4.98 Å². The van der Waals surface area contributed by atoms with E-state index in [1.165, 1.54) is 0 Å². The SMILES string of the molecule is CN(c1ccccc1)c1nccc(Nc2cc(Cl)cc(Cl)c2)n1. The summed E-state index contributed by atoms with van der Waals surface area (Å²) in [5.74, 6) is 1.26. The van der Waals surface area contributed by atoms with Crippen LogP contribution in [0.2, 0.25) is 10.0 Å². The number of hydrogen-bond acceptors (Lipinski definition) is 4. The monoisotopic (exact) mass is 344 g/mol. The highest BCUT2D eigenvalue weighted by Crippen LogP contribution is 2.26. The molecule has 0 spiro atoms. The lowest BCUT2D eigenvalue weighted by Crippen LogP contribution is -2.13. The number of aromatic nitrogens is 2. The fourth-order valence-corrected chi connectivity index (χ4v) is 2.65. The van der Waals surface area contributed by atoms with E-state index in [1.54, 1.807) is 30.5 Å². The second-order valence-electron chi connectivity index (χ2n) is 4.92. The Bertz CT molecular complexity index is 788. The Balaban J connectivity index is 1.85. The van der Waals surface area contributed by atoms with Gasteiger partial charge in [0.25, 0.3) is 0 Å².